The van der Waals surface area contributed by atoms with Gasteiger partial charge in [-0.25, -0.2) is 10.2 Å². The highest BCUT2D eigenvalue weighted by molar-refractivity contribution is 5.92. The summed E-state index contributed by atoms with van der Waals surface area (Å²) in [5, 5.41) is 4.05. The molecule has 0 aromatic heterocycles. The number of hydrogen-bond donors (Lipinski definition) is 1. The molecule has 0 atom stereocenters. The van der Waals surface area contributed by atoms with Crippen LogP contribution in [0.15, 0.2) is 47.6 Å². The van der Waals surface area contributed by atoms with Crippen molar-refractivity contribution in [2.24, 2.45) is 11.0 Å². The Morgan fingerprint density at radius 2 is 1.81 bits per heavy atom. The standard InChI is InChI=1S/C24H28N2O5/c1-3-30-20-12-10-19(11-13-20)24(28)31-21-14-9-17(15-22(21)29-2)16-25-26-23(27)18-7-5-4-6-8-18/h9-16,18H,3-8H2,1-2H3,(H,26,27). The van der Waals surface area contributed by atoms with Crippen LogP contribution >= 0.6 is 0 Å². The lowest BCUT2D eigenvalue weighted by Crippen LogP contribution is -2.28. The van der Waals surface area contributed by atoms with Crippen molar-refractivity contribution < 1.29 is 23.8 Å². The highest BCUT2D eigenvalue weighted by atomic mass is 16.6. The topological polar surface area (TPSA) is 86.2 Å². The smallest absolute Gasteiger partial charge is 0.343 e. The van der Waals surface area contributed by atoms with Gasteiger partial charge < -0.3 is 14.2 Å². The van der Waals surface area contributed by atoms with Crippen molar-refractivity contribution in [1.82, 2.24) is 5.43 Å². The van der Waals surface area contributed by atoms with Crippen molar-refractivity contribution in [3.8, 4) is 17.2 Å². The average Bonchev–Trinajstić information content (AvgIpc) is 2.81. The maximum Gasteiger partial charge on any atom is 0.343 e. The van der Waals surface area contributed by atoms with Gasteiger partial charge in [0.05, 0.1) is 25.5 Å². The molecule has 0 heterocycles. The average molecular weight is 424 g/mol. The predicted octanol–water partition coefficient (Wildman–Crippen LogP) is 4.34. The van der Waals surface area contributed by atoms with Gasteiger partial charge in [0.1, 0.15) is 5.75 Å². The Balaban J connectivity index is 1.61. The molecule has 1 fully saturated rings. The molecule has 31 heavy (non-hydrogen) atoms. The third-order valence-electron chi connectivity index (χ3n) is 5.16. The highest BCUT2D eigenvalue weighted by Crippen LogP contribution is 2.29. The van der Waals surface area contributed by atoms with Gasteiger partial charge in [0.25, 0.3) is 0 Å². The fourth-order valence-corrected chi connectivity index (χ4v) is 3.49. The second kappa shape index (κ2) is 11.2. The lowest BCUT2D eigenvalue weighted by molar-refractivity contribution is -0.125. The number of hydrazone groups is 1. The summed E-state index contributed by atoms with van der Waals surface area (Å²) in [6.07, 6.45) is 6.77. The van der Waals surface area contributed by atoms with Crippen LogP contribution in [0.3, 0.4) is 0 Å². The summed E-state index contributed by atoms with van der Waals surface area (Å²) < 4.78 is 16.2. The third kappa shape index (κ3) is 6.31. The molecule has 0 radical (unpaired) electrons. The first-order valence-corrected chi connectivity index (χ1v) is 10.6. The summed E-state index contributed by atoms with van der Waals surface area (Å²) in [6, 6.07) is 11.8. The minimum atomic E-state index is -0.498. The number of carbonyl (C=O) groups excluding carboxylic acids is 2. The fraction of sp³-hybridized carbons (Fsp3) is 0.375. The molecule has 0 aliphatic heterocycles. The van der Waals surface area contributed by atoms with Crippen LogP contribution in [0.25, 0.3) is 0 Å². The molecule has 1 saturated carbocycles. The molecule has 0 spiro atoms. The number of methoxy groups -OCH3 is 1. The minimum absolute atomic E-state index is 0.0381. The second-order valence-electron chi connectivity index (χ2n) is 7.33. The van der Waals surface area contributed by atoms with E-state index in [9.17, 15) is 9.59 Å². The summed E-state index contributed by atoms with van der Waals surface area (Å²) in [5.41, 5.74) is 3.73. The van der Waals surface area contributed by atoms with E-state index >= 15 is 0 Å². The Morgan fingerprint density at radius 3 is 2.48 bits per heavy atom. The van der Waals surface area contributed by atoms with Crippen molar-refractivity contribution in [2.45, 2.75) is 39.0 Å². The first-order valence-electron chi connectivity index (χ1n) is 10.6. The summed E-state index contributed by atoms with van der Waals surface area (Å²) in [5.74, 6) is 0.888. The molecule has 164 valence electrons. The lowest BCUT2D eigenvalue weighted by atomic mass is 9.89. The van der Waals surface area contributed by atoms with Gasteiger partial charge >= 0.3 is 5.97 Å². The van der Waals surface area contributed by atoms with Crippen molar-refractivity contribution in [2.75, 3.05) is 13.7 Å². The maximum atomic E-state index is 12.4. The molecular formula is C24H28N2O5. The van der Waals surface area contributed by atoms with Gasteiger partial charge in [-0.15, -0.1) is 0 Å². The van der Waals surface area contributed by atoms with Crippen LogP contribution in [0.1, 0.15) is 54.9 Å². The van der Waals surface area contributed by atoms with Crippen molar-refractivity contribution in [3.63, 3.8) is 0 Å². The van der Waals surface area contributed by atoms with E-state index in [1.807, 2.05) is 6.92 Å². The lowest BCUT2D eigenvalue weighted by Gasteiger charge is -2.19. The van der Waals surface area contributed by atoms with E-state index in [1.165, 1.54) is 13.5 Å². The quantitative estimate of drug-likeness (QED) is 0.295. The largest absolute Gasteiger partial charge is 0.494 e. The van der Waals surface area contributed by atoms with Gasteiger partial charge in [-0.3, -0.25) is 4.79 Å². The molecule has 0 bridgehead atoms. The number of ether oxygens (including phenoxy) is 3. The summed E-state index contributed by atoms with van der Waals surface area (Å²) in [7, 11) is 1.50. The van der Waals surface area contributed by atoms with E-state index in [0.717, 1.165) is 25.7 Å². The van der Waals surface area contributed by atoms with Gasteiger partial charge in [-0.05, 0) is 67.8 Å². The zero-order chi connectivity index (χ0) is 22.1. The molecular weight excluding hydrogens is 396 g/mol. The Labute approximate surface area is 182 Å². The normalized spacial score (nSPS) is 14.3. The molecule has 1 aliphatic carbocycles. The molecule has 0 saturated heterocycles. The molecule has 0 unspecified atom stereocenters. The Hall–Kier alpha value is -3.35. The number of esters is 1. The Morgan fingerprint density at radius 1 is 1.06 bits per heavy atom. The van der Waals surface area contributed by atoms with Crippen molar-refractivity contribution in [1.29, 1.82) is 0 Å². The van der Waals surface area contributed by atoms with E-state index in [2.05, 4.69) is 10.5 Å². The molecule has 7 heteroatoms. The molecule has 7 nitrogen and oxygen atoms in total. The zero-order valence-electron chi connectivity index (χ0n) is 17.9. The van der Waals surface area contributed by atoms with Crippen LogP contribution in [0.2, 0.25) is 0 Å². The van der Waals surface area contributed by atoms with Crippen LogP contribution in [-0.2, 0) is 4.79 Å². The number of hydrogen-bond acceptors (Lipinski definition) is 6. The number of benzene rings is 2. The minimum Gasteiger partial charge on any atom is -0.494 e. The number of rotatable bonds is 8. The predicted molar refractivity (Wildman–Crippen MR) is 118 cm³/mol. The number of nitrogens with zero attached hydrogens (tertiary/aromatic N) is 1. The van der Waals surface area contributed by atoms with Crippen molar-refractivity contribution >= 4 is 18.1 Å². The second-order valence-corrected chi connectivity index (χ2v) is 7.33. The fourth-order valence-electron chi connectivity index (χ4n) is 3.49. The van der Waals surface area contributed by atoms with Gasteiger partial charge in [0, 0.05) is 5.92 Å². The van der Waals surface area contributed by atoms with Crippen LogP contribution in [0.4, 0.5) is 0 Å². The number of amides is 1. The summed E-state index contributed by atoms with van der Waals surface area (Å²) in [6.45, 7) is 2.45. The third-order valence-corrected chi connectivity index (χ3v) is 5.16. The first-order chi connectivity index (χ1) is 15.1. The van der Waals surface area contributed by atoms with Crippen LogP contribution < -0.4 is 19.6 Å². The number of carbonyl (C=O) groups is 2. The van der Waals surface area contributed by atoms with E-state index in [4.69, 9.17) is 14.2 Å². The van der Waals surface area contributed by atoms with Crippen LogP contribution in [0, 0.1) is 5.92 Å². The van der Waals surface area contributed by atoms with Crippen LogP contribution in [0.5, 0.6) is 17.2 Å². The van der Waals surface area contributed by atoms with E-state index < -0.39 is 5.97 Å². The van der Waals surface area contributed by atoms with Gasteiger partial charge in [0.2, 0.25) is 5.91 Å². The van der Waals surface area contributed by atoms with Gasteiger partial charge in [-0.2, -0.15) is 5.10 Å². The number of nitrogens with one attached hydrogen (secondary N) is 1. The Kier molecular flexibility index (Phi) is 8.04. The maximum absolute atomic E-state index is 12.4. The highest BCUT2D eigenvalue weighted by Gasteiger charge is 2.20. The molecule has 2 aromatic rings. The van der Waals surface area contributed by atoms with Gasteiger partial charge in [-0.1, -0.05) is 19.3 Å². The molecule has 1 amide bonds. The van der Waals surface area contributed by atoms with E-state index in [-0.39, 0.29) is 11.8 Å². The SMILES string of the molecule is CCOc1ccc(C(=O)Oc2ccc(C=NNC(=O)C3CCCCC3)cc2OC)cc1. The molecule has 1 aliphatic rings. The molecule has 2 aromatic carbocycles. The summed E-state index contributed by atoms with van der Waals surface area (Å²) in [4.78, 5) is 24.6. The van der Waals surface area contributed by atoms with Crippen LogP contribution in [-0.4, -0.2) is 31.8 Å². The first kappa shape index (κ1) is 22.3. The van der Waals surface area contributed by atoms with E-state index in [1.54, 1.807) is 48.7 Å². The Bertz CT molecular complexity index is 918. The molecule has 1 N–H and O–H groups in total. The van der Waals surface area contributed by atoms with Crippen molar-refractivity contribution in [3.05, 3.63) is 53.6 Å². The zero-order valence-corrected chi connectivity index (χ0v) is 17.9. The molecule has 3 rings (SSSR count). The van der Waals surface area contributed by atoms with E-state index in [0.29, 0.717) is 35.0 Å². The summed E-state index contributed by atoms with van der Waals surface area (Å²) >= 11 is 0. The van der Waals surface area contributed by atoms with Gasteiger partial charge in [0.15, 0.2) is 11.5 Å². The monoisotopic (exact) mass is 424 g/mol.